The zero-order chi connectivity index (χ0) is 15.4. The molecule has 0 radical (unpaired) electrons. The van der Waals surface area contributed by atoms with Crippen molar-refractivity contribution < 1.29 is 14.6 Å². The third kappa shape index (κ3) is 3.10. The van der Waals surface area contributed by atoms with Crippen molar-refractivity contribution in [2.75, 3.05) is 18.6 Å². The van der Waals surface area contributed by atoms with E-state index in [-0.39, 0.29) is 24.7 Å². The first kappa shape index (κ1) is 15.6. The number of carbonyl (C=O) groups excluding carboxylic acids is 1. The van der Waals surface area contributed by atoms with E-state index in [1.54, 1.807) is 4.90 Å². The van der Waals surface area contributed by atoms with Crippen LogP contribution in [0.2, 0.25) is 0 Å². The Morgan fingerprint density at radius 3 is 2.86 bits per heavy atom. The number of anilines is 1. The molecule has 0 fully saturated rings. The summed E-state index contributed by atoms with van der Waals surface area (Å²) in [7, 11) is 1.39. The van der Waals surface area contributed by atoms with Crippen LogP contribution in [-0.2, 0) is 4.74 Å². The minimum absolute atomic E-state index is 0.0130. The van der Waals surface area contributed by atoms with Crippen LogP contribution in [0.4, 0.5) is 10.5 Å². The smallest absolute Gasteiger partial charge is 0.414 e. The Balaban J connectivity index is 2.45. The molecule has 1 amide bonds. The average Bonchev–Trinajstić information content (AvgIpc) is 2.50. The van der Waals surface area contributed by atoms with Gasteiger partial charge in [0.25, 0.3) is 0 Å². The van der Waals surface area contributed by atoms with E-state index in [2.05, 4.69) is 6.92 Å². The number of fused-ring (bicyclic) bond motifs is 1. The van der Waals surface area contributed by atoms with Crippen LogP contribution >= 0.6 is 0 Å². The van der Waals surface area contributed by atoms with Gasteiger partial charge in [0.2, 0.25) is 0 Å². The third-order valence-corrected chi connectivity index (χ3v) is 3.96. The summed E-state index contributed by atoms with van der Waals surface area (Å²) in [4.78, 5) is 13.9. The summed E-state index contributed by atoms with van der Waals surface area (Å²) in [6.45, 7) is 4.13. The molecule has 1 aromatic carbocycles. The van der Waals surface area contributed by atoms with Crippen molar-refractivity contribution in [3.05, 3.63) is 35.4 Å². The van der Waals surface area contributed by atoms with Gasteiger partial charge < -0.3 is 9.84 Å². The molecule has 1 aliphatic heterocycles. The summed E-state index contributed by atoms with van der Waals surface area (Å²) >= 11 is 0. The van der Waals surface area contributed by atoms with E-state index in [0.29, 0.717) is 0 Å². The van der Waals surface area contributed by atoms with Gasteiger partial charge in [-0.05, 0) is 30.5 Å². The monoisotopic (exact) mass is 289 g/mol. The van der Waals surface area contributed by atoms with Crippen molar-refractivity contribution in [2.45, 2.75) is 32.7 Å². The summed E-state index contributed by atoms with van der Waals surface area (Å²) in [5.74, 6) is 0.0130. The van der Waals surface area contributed by atoms with Crippen molar-refractivity contribution >= 4 is 17.9 Å². The molecular formula is C17H23NO3. The zero-order valence-electron chi connectivity index (χ0n) is 12.9. The highest BCUT2D eigenvalue weighted by Gasteiger charge is 2.33. The molecule has 1 aromatic rings. The van der Waals surface area contributed by atoms with E-state index >= 15 is 0 Å². The Bertz CT molecular complexity index is 539. The van der Waals surface area contributed by atoms with Gasteiger partial charge in [0.15, 0.2) is 0 Å². The predicted molar refractivity (Wildman–Crippen MR) is 84.4 cm³/mol. The minimum atomic E-state index is -0.384. The summed E-state index contributed by atoms with van der Waals surface area (Å²) in [5.41, 5.74) is 2.94. The van der Waals surface area contributed by atoms with Gasteiger partial charge in [-0.25, -0.2) is 4.79 Å². The lowest BCUT2D eigenvalue weighted by Gasteiger charge is -2.37. The molecule has 0 spiro atoms. The maximum Gasteiger partial charge on any atom is 0.414 e. The van der Waals surface area contributed by atoms with Gasteiger partial charge in [-0.1, -0.05) is 37.6 Å². The number of benzene rings is 1. The predicted octanol–water partition coefficient (Wildman–Crippen LogP) is 3.37. The largest absolute Gasteiger partial charge is 0.452 e. The fourth-order valence-corrected chi connectivity index (χ4v) is 2.88. The molecule has 1 N–H and O–H groups in total. The molecule has 2 rings (SSSR count). The lowest BCUT2D eigenvalue weighted by Crippen LogP contribution is -2.46. The lowest BCUT2D eigenvalue weighted by atomic mass is 9.90. The highest BCUT2D eigenvalue weighted by molar-refractivity contribution is 5.93. The number of nitrogens with zero attached hydrogens (tertiary/aromatic N) is 1. The molecule has 0 bridgehead atoms. The molecule has 0 unspecified atom stereocenters. The highest BCUT2D eigenvalue weighted by atomic mass is 16.5. The van der Waals surface area contributed by atoms with Crippen LogP contribution < -0.4 is 4.90 Å². The quantitative estimate of drug-likeness (QED) is 0.924. The lowest BCUT2D eigenvalue weighted by molar-refractivity contribution is 0.165. The molecule has 1 heterocycles. The van der Waals surface area contributed by atoms with Gasteiger partial charge in [-0.15, -0.1) is 0 Å². The first-order valence-corrected chi connectivity index (χ1v) is 7.39. The fraction of sp³-hybridized carbons (Fsp3) is 0.471. The normalized spacial score (nSPS) is 18.3. The standard InChI is InChI=1S/C17H23NO3/c1-4-5-14(11-19)15-9-8-13-7-6-12(2)10-16(13)18(15)17(20)21-3/h6-10,14-15,19H,4-5,11H2,1-3H3/t14-,15+/m0/s1. The number of hydrogen-bond acceptors (Lipinski definition) is 3. The molecule has 0 aromatic heterocycles. The SMILES string of the molecule is CCC[C@@H](CO)[C@H]1C=Cc2ccc(C)cc2N1C(=O)OC. The van der Waals surface area contributed by atoms with Gasteiger partial charge in [0.1, 0.15) is 0 Å². The number of hydrogen-bond donors (Lipinski definition) is 1. The van der Waals surface area contributed by atoms with Crippen LogP contribution in [0, 0.1) is 12.8 Å². The Labute approximate surface area is 126 Å². The van der Waals surface area contributed by atoms with Gasteiger partial charge in [-0.2, -0.15) is 0 Å². The fourth-order valence-electron chi connectivity index (χ4n) is 2.88. The number of aliphatic hydroxyl groups excluding tert-OH is 1. The van der Waals surface area contributed by atoms with Gasteiger partial charge in [0, 0.05) is 12.5 Å². The number of methoxy groups -OCH3 is 1. The summed E-state index contributed by atoms with van der Waals surface area (Å²) in [6.07, 6.45) is 5.46. The van der Waals surface area contributed by atoms with Crippen molar-refractivity contribution in [1.82, 2.24) is 0 Å². The Morgan fingerprint density at radius 1 is 1.48 bits per heavy atom. The molecular weight excluding hydrogens is 266 g/mol. The molecule has 0 aliphatic carbocycles. The van der Waals surface area contributed by atoms with Crippen LogP contribution in [0.5, 0.6) is 0 Å². The van der Waals surface area contributed by atoms with Crippen LogP contribution in [0.15, 0.2) is 24.3 Å². The van der Waals surface area contributed by atoms with Crippen LogP contribution in [0.3, 0.4) is 0 Å². The van der Waals surface area contributed by atoms with E-state index < -0.39 is 0 Å². The van der Waals surface area contributed by atoms with Gasteiger partial charge >= 0.3 is 6.09 Å². The minimum Gasteiger partial charge on any atom is -0.452 e. The first-order valence-electron chi connectivity index (χ1n) is 7.39. The van der Waals surface area contributed by atoms with E-state index in [0.717, 1.165) is 29.7 Å². The van der Waals surface area contributed by atoms with Crippen LogP contribution in [0.1, 0.15) is 30.9 Å². The number of amides is 1. The Kier molecular flexibility index (Phi) is 5.02. The third-order valence-electron chi connectivity index (χ3n) is 3.96. The second-order valence-electron chi connectivity index (χ2n) is 5.48. The molecule has 21 heavy (non-hydrogen) atoms. The van der Waals surface area contributed by atoms with E-state index in [1.807, 2.05) is 37.3 Å². The molecule has 114 valence electrons. The molecule has 1 aliphatic rings. The summed E-state index contributed by atoms with van der Waals surface area (Å²) < 4.78 is 4.96. The molecule has 4 heteroatoms. The van der Waals surface area contributed by atoms with E-state index in [1.165, 1.54) is 7.11 Å². The second kappa shape index (κ2) is 6.76. The van der Waals surface area contributed by atoms with Crippen molar-refractivity contribution in [3.63, 3.8) is 0 Å². The Hall–Kier alpha value is -1.81. The first-order chi connectivity index (χ1) is 10.1. The number of aliphatic hydroxyl groups is 1. The topological polar surface area (TPSA) is 49.8 Å². The van der Waals surface area contributed by atoms with Crippen molar-refractivity contribution in [3.8, 4) is 0 Å². The van der Waals surface area contributed by atoms with Crippen molar-refractivity contribution in [2.24, 2.45) is 5.92 Å². The van der Waals surface area contributed by atoms with Crippen LogP contribution in [-0.4, -0.2) is 31.0 Å². The summed E-state index contributed by atoms with van der Waals surface area (Å²) in [5, 5.41) is 9.67. The number of carbonyl (C=O) groups is 1. The van der Waals surface area contributed by atoms with Gasteiger partial charge in [-0.3, -0.25) is 4.90 Å². The number of aryl methyl sites for hydroxylation is 1. The maximum atomic E-state index is 12.3. The zero-order valence-corrected chi connectivity index (χ0v) is 12.9. The number of rotatable bonds is 4. The van der Waals surface area contributed by atoms with Crippen LogP contribution in [0.25, 0.3) is 6.08 Å². The van der Waals surface area contributed by atoms with E-state index in [4.69, 9.17) is 4.74 Å². The second-order valence-corrected chi connectivity index (χ2v) is 5.48. The maximum absolute atomic E-state index is 12.3. The summed E-state index contributed by atoms with van der Waals surface area (Å²) in [6, 6.07) is 5.84. The Morgan fingerprint density at radius 2 is 2.24 bits per heavy atom. The number of ether oxygens (including phenoxy) is 1. The van der Waals surface area contributed by atoms with E-state index in [9.17, 15) is 9.90 Å². The molecule has 2 atom stereocenters. The average molecular weight is 289 g/mol. The van der Waals surface area contributed by atoms with Crippen molar-refractivity contribution in [1.29, 1.82) is 0 Å². The molecule has 0 saturated carbocycles. The van der Waals surface area contributed by atoms with Gasteiger partial charge in [0.05, 0.1) is 18.8 Å². The molecule has 4 nitrogen and oxygen atoms in total. The highest BCUT2D eigenvalue weighted by Crippen LogP contribution is 2.34. The molecule has 0 saturated heterocycles.